The number of ether oxygens (including phenoxy) is 1. The normalized spacial score (nSPS) is 21.5. The molecule has 0 saturated heterocycles. The summed E-state index contributed by atoms with van der Waals surface area (Å²) in [7, 11) is 0. The van der Waals surface area contributed by atoms with E-state index < -0.39 is 0 Å². The number of hydrogen-bond acceptors (Lipinski definition) is 1. The van der Waals surface area contributed by atoms with Crippen molar-refractivity contribution in [3.63, 3.8) is 0 Å². The lowest BCUT2D eigenvalue weighted by atomic mass is 9.98. The van der Waals surface area contributed by atoms with E-state index >= 15 is 0 Å². The van der Waals surface area contributed by atoms with Gasteiger partial charge in [0.2, 0.25) is 0 Å². The molecule has 1 aliphatic rings. The van der Waals surface area contributed by atoms with E-state index in [0.717, 1.165) is 13.0 Å². The summed E-state index contributed by atoms with van der Waals surface area (Å²) in [6, 6.07) is 8.39. The highest BCUT2D eigenvalue weighted by Gasteiger charge is 2.16. The Morgan fingerprint density at radius 1 is 1.42 bits per heavy atom. The van der Waals surface area contributed by atoms with Crippen molar-refractivity contribution in [1.29, 1.82) is 0 Å². The van der Waals surface area contributed by atoms with E-state index in [9.17, 15) is 0 Å². The Hall–Kier alpha value is -1.08. The maximum absolute atomic E-state index is 5.54. The van der Waals surface area contributed by atoms with Gasteiger partial charge in [0.05, 0.1) is 6.61 Å². The van der Waals surface area contributed by atoms with Gasteiger partial charge in [-0.15, -0.1) is 6.58 Å². The molecule has 0 saturated carbocycles. The molecular weight excluding hydrogens is 148 g/mol. The van der Waals surface area contributed by atoms with E-state index in [1.165, 1.54) is 11.1 Å². The summed E-state index contributed by atoms with van der Waals surface area (Å²) in [6.07, 6.45) is 2.99. The molecule has 62 valence electrons. The van der Waals surface area contributed by atoms with Crippen LogP contribution in [0.25, 0.3) is 0 Å². The van der Waals surface area contributed by atoms with Crippen molar-refractivity contribution in [3.05, 3.63) is 48.0 Å². The molecule has 1 aromatic carbocycles. The van der Waals surface area contributed by atoms with Gasteiger partial charge in [-0.05, 0) is 17.5 Å². The van der Waals surface area contributed by atoms with Crippen LogP contribution in [-0.2, 0) is 11.2 Å². The lowest BCUT2D eigenvalue weighted by molar-refractivity contribution is 0.0752. The standard InChI is InChI=1S/C11H12O/c1-2-11-10-6-4-3-5-9(10)7-8-12-11/h2-6,11H,1,7-8H2/t11-/m1/s1. The zero-order valence-corrected chi connectivity index (χ0v) is 6.99. The molecule has 1 heterocycles. The number of fused-ring (bicyclic) bond motifs is 1. The van der Waals surface area contributed by atoms with E-state index in [4.69, 9.17) is 4.74 Å². The third-order valence-corrected chi connectivity index (χ3v) is 2.24. The van der Waals surface area contributed by atoms with Crippen LogP contribution in [0.4, 0.5) is 0 Å². The molecule has 0 aromatic heterocycles. The van der Waals surface area contributed by atoms with Crippen molar-refractivity contribution in [2.24, 2.45) is 0 Å². The van der Waals surface area contributed by atoms with E-state index in [-0.39, 0.29) is 6.10 Å². The second-order valence-electron chi connectivity index (χ2n) is 2.98. The summed E-state index contributed by atoms with van der Waals surface area (Å²) in [5.41, 5.74) is 2.67. The first-order chi connectivity index (χ1) is 5.92. The summed E-state index contributed by atoms with van der Waals surface area (Å²) in [5, 5.41) is 0. The largest absolute Gasteiger partial charge is 0.369 e. The van der Waals surface area contributed by atoms with Crippen LogP contribution >= 0.6 is 0 Å². The van der Waals surface area contributed by atoms with Gasteiger partial charge in [-0.3, -0.25) is 0 Å². The van der Waals surface area contributed by atoms with E-state index in [0.29, 0.717) is 0 Å². The van der Waals surface area contributed by atoms with Crippen molar-refractivity contribution < 1.29 is 4.74 Å². The number of hydrogen-bond donors (Lipinski definition) is 0. The Morgan fingerprint density at radius 2 is 2.25 bits per heavy atom. The highest BCUT2D eigenvalue weighted by molar-refractivity contribution is 5.32. The third kappa shape index (κ3) is 1.16. The van der Waals surface area contributed by atoms with Crippen molar-refractivity contribution in [2.45, 2.75) is 12.5 Å². The van der Waals surface area contributed by atoms with Gasteiger partial charge in [-0.25, -0.2) is 0 Å². The molecule has 0 N–H and O–H groups in total. The van der Waals surface area contributed by atoms with Crippen LogP contribution in [0.2, 0.25) is 0 Å². The Kier molecular flexibility index (Phi) is 1.96. The molecule has 0 amide bonds. The molecule has 2 rings (SSSR count). The smallest absolute Gasteiger partial charge is 0.101 e. The lowest BCUT2D eigenvalue weighted by Gasteiger charge is -2.23. The van der Waals surface area contributed by atoms with Crippen molar-refractivity contribution in [2.75, 3.05) is 6.61 Å². The van der Waals surface area contributed by atoms with Crippen LogP contribution in [0.3, 0.4) is 0 Å². The summed E-state index contributed by atoms with van der Waals surface area (Å²) in [4.78, 5) is 0. The van der Waals surface area contributed by atoms with Gasteiger partial charge >= 0.3 is 0 Å². The predicted molar refractivity (Wildman–Crippen MR) is 49.0 cm³/mol. The highest BCUT2D eigenvalue weighted by Crippen LogP contribution is 2.26. The van der Waals surface area contributed by atoms with Gasteiger partial charge in [0.15, 0.2) is 0 Å². The molecule has 1 nitrogen and oxygen atoms in total. The Morgan fingerprint density at radius 3 is 3.08 bits per heavy atom. The van der Waals surface area contributed by atoms with Crippen LogP contribution < -0.4 is 0 Å². The molecule has 0 aliphatic carbocycles. The Balaban J connectivity index is 2.43. The average molecular weight is 160 g/mol. The van der Waals surface area contributed by atoms with Gasteiger partial charge in [-0.1, -0.05) is 30.3 Å². The molecule has 0 radical (unpaired) electrons. The second kappa shape index (κ2) is 3.11. The predicted octanol–water partition coefficient (Wildman–Crippen LogP) is 2.49. The fraction of sp³-hybridized carbons (Fsp3) is 0.273. The maximum Gasteiger partial charge on any atom is 0.101 e. The molecule has 0 bridgehead atoms. The van der Waals surface area contributed by atoms with Crippen molar-refractivity contribution >= 4 is 0 Å². The van der Waals surface area contributed by atoms with Gasteiger partial charge < -0.3 is 4.74 Å². The number of rotatable bonds is 1. The van der Waals surface area contributed by atoms with E-state index in [1.807, 2.05) is 12.1 Å². The Labute approximate surface area is 72.7 Å². The molecule has 0 spiro atoms. The van der Waals surface area contributed by atoms with Crippen LogP contribution in [0, 0.1) is 0 Å². The summed E-state index contributed by atoms with van der Waals surface area (Å²) >= 11 is 0. The first-order valence-electron chi connectivity index (χ1n) is 4.24. The molecule has 1 aromatic rings. The molecular formula is C11H12O. The molecule has 0 unspecified atom stereocenters. The van der Waals surface area contributed by atoms with Crippen LogP contribution in [0.15, 0.2) is 36.9 Å². The van der Waals surface area contributed by atoms with Crippen LogP contribution in [0.1, 0.15) is 17.2 Å². The van der Waals surface area contributed by atoms with Crippen LogP contribution in [-0.4, -0.2) is 6.61 Å². The fourth-order valence-electron chi connectivity index (χ4n) is 1.62. The van der Waals surface area contributed by atoms with Gasteiger partial charge in [0.1, 0.15) is 6.10 Å². The van der Waals surface area contributed by atoms with Gasteiger partial charge in [-0.2, -0.15) is 0 Å². The summed E-state index contributed by atoms with van der Waals surface area (Å²) in [6.45, 7) is 4.57. The lowest BCUT2D eigenvalue weighted by Crippen LogP contribution is -2.14. The third-order valence-electron chi connectivity index (χ3n) is 2.24. The minimum absolute atomic E-state index is 0.106. The Bertz CT molecular complexity index is 291. The van der Waals surface area contributed by atoms with E-state index in [1.54, 1.807) is 0 Å². The molecule has 1 atom stereocenters. The second-order valence-corrected chi connectivity index (χ2v) is 2.98. The van der Waals surface area contributed by atoms with Crippen molar-refractivity contribution in [3.8, 4) is 0 Å². The average Bonchev–Trinajstić information content (AvgIpc) is 2.17. The molecule has 1 aliphatic heterocycles. The first kappa shape index (κ1) is 7.56. The zero-order chi connectivity index (χ0) is 8.39. The number of benzene rings is 1. The SMILES string of the molecule is C=C[C@H]1OCCc2ccccc21. The molecule has 12 heavy (non-hydrogen) atoms. The quantitative estimate of drug-likeness (QED) is 0.573. The maximum atomic E-state index is 5.54. The summed E-state index contributed by atoms with van der Waals surface area (Å²) in [5.74, 6) is 0. The minimum atomic E-state index is 0.106. The molecule has 1 heteroatoms. The van der Waals surface area contributed by atoms with E-state index in [2.05, 4.69) is 24.8 Å². The van der Waals surface area contributed by atoms with Gasteiger partial charge in [0, 0.05) is 0 Å². The first-order valence-corrected chi connectivity index (χ1v) is 4.24. The van der Waals surface area contributed by atoms with Gasteiger partial charge in [0.25, 0.3) is 0 Å². The highest BCUT2D eigenvalue weighted by atomic mass is 16.5. The monoisotopic (exact) mass is 160 g/mol. The fourth-order valence-corrected chi connectivity index (χ4v) is 1.62. The minimum Gasteiger partial charge on any atom is -0.369 e. The zero-order valence-electron chi connectivity index (χ0n) is 6.99. The van der Waals surface area contributed by atoms with Crippen LogP contribution in [0.5, 0.6) is 0 Å². The van der Waals surface area contributed by atoms with Crippen molar-refractivity contribution in [1.82, 2.24) is 0 Å². The topological polar surface area (TPSA) is 9.23 Å². The summed E-state index contributed by atoms with van der Waals surface area (Å²) < 4.78 is 5.54. The molecule has 0 fully saturated rings.